The Morgan fingerprint density at radius 3 is 3.11 bits per heavy atom. The highest BCUT2D eigenvalue weighted by molar-refractivity contribution is 5.22. The molecule has 0 radical (unpaired) electrons. The maximum absolute atomic E-state index is 3.77. The number of hydrogen-bond acceptors (Lipinski definition) is 0. The second-order valence-electron chi connectivity index (χ2n) is 3.18. The van der Waals surface area contributed by atoms with E-state index in [1.165, 1.54) is 24.8 Å². The molecular weight excluding hydrogens is 108 g/mol. The minimum absolute atomic E-state index is 1.04. The molecule has 0 spiro atoms. The lowest BCUT2D eigenvalue weighted by Crippen LogP contribution is -1.91. The second-order valence-corrected chi connectivity index (χ2v) is 3.18. The lowest BCUT2D eigenvalue weighted by Gasteiger charge is -2.06. The first kappa shape index (κ1) is 5.28. The molecule has 1 fully saturated rings. The summed E-state index contributed by atoms with van der Waals surface area (Å²) in [7, 11) is 0. The summed E-state index contributed by atoms with van der Waals surface area (Å²) in [6, 6.07) is 0. The van der Waals surface area contributed by atoms with E-state index in [1.807, 2.05) is 6.08 Å². The Labute approximate surface area is 56.3 Å². The zero-order valence-corrected chi connectivity index (χ0v) is 5.64. The Balaban J connectivity index is 2.09. The first-order valence-electron chi connectivity index (χ1n) is 3.71. The molecule has 0 bridgehead atoms. The average molecular weight is 120 g/mol. The summed E-state index contributed by atoms with van der Waals surface area (Å²) >= 11 is 0. The third-order valence-corrected chi connectivity index (χ3v) is 2.51. The van der Waals surface area contributed by atoms with Gasteiger partial charge in [-0.25, -0.2) is 0 Å². The second kappa shape index (κ2) is 1.73. The molecule has 0 aromatic rings. The Morgan fingerprint density at radius 2 is 2.44 bits per heavy atom. The Hall–Kier alpha value is -0.520. The summed E-state index contributed by atoms with van der Waals surface area (Å²) in [6.07, 6.45) is 8.48. The highest BCUT2D eigenvalue weighted by Gasteiger charge is 2.38. The van der Waals surface area contributed by atoms with Gasteiger partial charge in [-0.05, 0) is 31.1 Å². The van der Waals surface area contributed by atoms with Crippen LogP contribution in [0.2, 0.25) is 0 Å². The Morgan fingerprint density at radius 1 is 1.56 bits per heavy atom. The van der Waals surface area contributed by atoms with E-state index in [0.717, 1.165) is 11.8 Å². The average Bonchev–Trinajstić information content (AvgIpc) is 2.64. The summed E-state index contributed by atoms with van der Waals surface area (Å²) in [4.78, 5) is 0. The third kappa shape index (κ3) is 0.827. The van der Waals surface area contributed by atoms with Crippen molar-refractivity contribution in [3.8, 4) is 0 Å². The van der Waals surface area contributed by atoms with Gasteiger partial charge in [-0.1, -0.05) is 24.3 Å². The molecule has 2 unspecified atom stereocenters. The van der Waals surface area contributed by atoms with Crippen LogP contribution in [0, 0.1) is 11.8 Å². The highest BCUT2D eigenvalue weighted by Crippen LogP contribution is 2.48. The molecule has 0 heterocycles. The van der Waals surface area contributed by atoms with Gasteiger partial charge in [0.15, 0.2) is 0 Å². The maximum Gasteiger partial charge on any atom is -0.0251 e. The van der Waals surface area contributed by atoms with Crippen LogP contribution in [0.3, 0.4) is 0 Å². The molecule has 48 valence electrons. The van der Waals surface area contributed by atoms with Gasteiger partial charge in [-0.2, -0.15) is 0 Å². The van der Waals surface area contributed by atoms with Crippen LogP contribution in [0.4, 0.5) is 0 Å². The van der Waals surface area contributed by atoms with E-state index in [2.05, 4.69) is 12.7 Å². The van der Waals surface area contributed by atoms with Crippen molar-refractivity contribution in [1.82, 2.24) is 0 Å². The van der Waals surface area contributed by atoms with Crippen LogP contribution >= 0.6 is 0 Å². The van der Waals surface area contributed by atoms with Gasteiger partial charge in [0.05, 0.1) is 0 Å². The molecule has 2 aliphatic rings. The Bertz CT molecular complexity index is 165. The van der Waals surface area contributed by atoms with Crippen LogP contribution in [0.25, 0.3) is 0 Å². The van der Waals surface area contributed by atoms with Crippen LogP contribution in [0.15, 0.2) is 24.3 Å². The lowest BCUT2D eigenvalue weighted by molar-refractivity contribution is 0.673. The molecule has 0 aromatic heterocycles. The molecule has 0 heteroatoms. The zero-order valence-electron chi connectivity index (χ0n) is 5.64. The van der Waals surface area contributed by atoms with E-state index in [-0.39, 0.29) is 0 Å². The van der Waals surface area contributed by atoms with Crippen LogP contribution in [0.1, 0.15) is 19.3 Å². The van der Waals surface area contributed by atoms with Crippen molar-refractivity contribution in [2.75, 3.05) is 0 Å². The van der Waals surface area contributed by atoms with Gasteiger partial charge in [-0.15, -0.1) is 0 Å². The summed E-state index contributed by atoms with van der Waals surface area (Å²) < 4.78 is 0. The van der Waals surface area contributed by atoms with Gasteiger partial charge in [-0.3, -0.25) is 0 Å². The predicted molar refractivity (Wildman–Crippen MR) is 39.1 cm³/mol. The molecule has 0 amide bonds. The first-order valence-corrected chi connectivity index (χ1v) is 3.71. The number of allylic oxidation sites excluding steroid dienone is 3. The van der Waals surface area contributed by atoms with Gasteiger partial charge in [0, 0.05) is 0 Å². The van der Waals surface area contributed by atoms with Gasteiger partial charge in [0.25, 0.3) is 0 Å². The molecule has 2 aliphatic carbocycles. The summed E-state index contributed by atoms with van der Waals surface area (Å²) in [5.74, 6) is 2.11. The molecule has 0 aromatic carbocycles. The first-order chi connectivity index (χ1) is 4.40. The van der Waals surface area contributed by atoms with Gasteiger partial charge in [0.1, 0.15) is 0 Å². The smallest absolute Gasteiger partial charge is 0.0251 e. The molecule has 0 aliphatic heterocycles. The fourth-order valence-corrected chi connectivity index (χ4v) is 1.70. The van der Waals surface area contributed by atoms with Crippen molar-refractivity contribution < 1.29 is 0 Å². The van der Waals surface area contributed by atoms with Crippen molar-refractivity contribution in [1.29, 1.82) is 0 Å². The molecule has 0 saturated heterocycles. The van der Waals surface area contributed by atoms with Crippen LogP contribution in [0.5, 0.6) is 0 Å². The van der Waals surface area contributed by atoms with Crippen molar-refractivity contribution >= 4 is 0 Å². The van der Waals surface area contributed by atoms with Crippen molar-refractivity contribution in [3.63, 3.8) is 0 Å². The normalized spacial score (nSPS) is 38.9. The lowest BCUT2D eigenvalue weighted by atomic mass is 10.00. The third-order valence-electron chi connectivity index (χ3n) is 2.51. The van der Waals surface area contributed by atoms with Crippen molar-refractivity contribution in [2.24, 2.45) is 11.8 Å². The summed E-state index contributed by atoms with van der Waals surface area (Å²) in [5, 5.41) is 0. The van der Waals surface area contributed by atoms with E-state index in [0.29, 0.717) is 0 Å². The van der Waals surface area contributed by atoms with Crippen LogP contribution in [-0.2, 0) is 0 Å². The molecule has 2 rings (SSSR count). The Kier molecular flexibility index (Phi) is 1.01. The number of rotatable bonds is 1. The van der Waals surface area contributed by atoms with E-state index in [4.69, 9.17) is 0 Å². The van der Waals surface area contributed by atoms with Gasteiger partial charge in [0.2, 0.25) is 0 Å². The van der Waals surface area contributed by atoms with Crippen LogP contribution in [-0.4, -0.2) is 0 Å². The summed E-state index contributed by atoms with van der Waals surface area (Å²) in [6.45, 7) is 3.77. The summed E-state index contributed by atoms with van der Waals surface area (Å²) in [5.41, 5.74) is 1.48. The molecular formula is C9H12. The van der Waals surface area contributed by atoms with E-state index < -0.39 is 0 Å². The molecule has 0 N–H and O–H groups in total. The fourth-order valence-electron chi connectivity index (χ4n) is 1.70. The van der Waals surface area contributed by atoms with Crippen LogP contribution < -0.4 is 0 Å². The number of fused-ring (bicyclic) bond motifs is 1. The molecule has 1 saturated carbocycles. The topological polar surface area (TPSA) is 0 Å². The maximum atomic E-state index is 3.77. The molecule has 0 nitrogen and oxygen atoms in total. The van der Waals surface area contributed by atoms with E-state index in [1.54, 1.807) is 0 Å². The molecule has 2 atom stereocenters. The van der Waals surface area contributed by atoms with E-state index in [9.17, 15) is 0 Å². The van der Waals surface area contributed by atoms with Crippen molar-refractivity contribution in [2.45, 2.75) is 19.3 Å². The highest BCUT2D eigenvalue weighted by atomic mass is 14.4. The largest absolute Gasteiger partial charge is 0.0988 e. The SMILES string of the molecule is C=CC1=CCC2CC2C1. The minimum Gasteiger partial charge on any atom is -0.0988 e. The quantitative estimate of drug-likeness (QED) is 0.499. The fraction of sp³-hybridized carbons (Fsp3) is 0.556. The standard InChI is InChI=1S/C9H12/c1-2-7-3-4-8-6-9(8)5-7/h2-3,8-9H,1,4-6H2. The van der Waals surface area contributed by atoms with Crippen molar-refractivity contribution in [3.05, 3.63) is 24.3 Å². The predicted octanol–water partition coefficient (Wildman–Crippen LogP) is 2.53. The minimum atomic E-state index is 1.04. The van der Waals surface area contributed by atoms with Gasteiger partial charge < -0.3 is 0 Å². The zero-order chi connectivity index (χ0) is 6.27. The molecule has 9 heavy (non-hydrogen) atoms. The number of hydrogen-bond donors (Lipinski definition) is 0. The van der Waals surface area contributed by atoms with Gasteiger partial charge >= 0.3 is 0 Å². The monoisotopic (exact) mass is 120 g/mol. The van der Waals surface area contributed by atoms with E-state index >= 15 is 0 Å².